The van der Waals surface area contributed by atoms with E-state index in [1.54, 1.807) is 0 Å². The molecule has 0 spiro atoms. The van der Waals surface area contributed by atoms with E-state index in [0.717, 1.165) is 17.8 Å². The second kappa shape index (κ2) is 8.40. The second-order valence-corrected chi connectivity index (χ2v) is 6.58. The van der Waals surface area contributed by atoms with Gasteiger partial charge in [0.2, 0.25) is 0 Å². The number of halogens is 1. The third-order valence-corrected chi connectivity index (χ3v) is 5.33. The fourth-order valence-corrected chi connectivity index (χ4v) is 3.68. The average Bonchev–Trinajstić information content (AvgIpc) is 2.36. The third-order valence-electron chi connectivity index (χ3n) is 4.75. The monoisotopic (exact) mass is 258 g/mol. The zero-order valence-corrected chi connectivity index (χ0v) is 12.8. The standard InChI is InChI=1S/C16H31Cl/c1-4-7-8-13(5-2)11-15-12-14(6-3)9-10-16(15)17/h13-16H,4-12H2,1-3H3. The van der Waals surface area contributed by atoms with Crippen molar-refractivity contribution < 1.29 is 0 Å². The van der Waals surface area contributed by atoms with Crippen LogP contribution in [0.15, 0.2) is 0 Å². The molecule has 4 unspecified atom stereocenters. The van der Waals surface area contributed by atoms with Gasteiger partial charge in [-0.15, -0.1) is 11.6 Å². The predicted octanol–water partition coefficient (Wildman–Crippen LogP) is 6.03. The largest absolute Gasteiger partial charge is 0.123 e. The molecule has 0 radical (unpaired) electrons. The van der Waals surface area contributed by atoms with E-state index in [-0.39, 0.29) is 0 Å². The summed E-state index contributed by atoms with van der Waals surface area (Å²) in [4.78, 5) is 0. The minimum Gasteiger partial charge on any atom is -0.123 e. The highest BCUT2D eigenvalue weighted by atomic mass is 35.5. The van der Waals surface area contributed by atoms with E-state index in [0.29, 0.717) is 5.38 Å². The molecule has 1 aliphatic rings. The van der Waals surface area contributed by atoms with E-state index in [9.17, 15) is 0 Å². The Hall–Kier alpha value is 0.290. The van der Waals surface area contributed by atoms with E-state index < -0.39 is 0 Å². The molecule has 0 aliphatic heterocycles. The first-order valence-corrected chi connectivity index (χ1v) is 8.28. The van der Waals surface area contributed by atoms with Crippen LogP contribution in [-0.4, -0.2) is 5.38 Å². The van der Waals surface area contributed by atoms with Gasteiger partial charge in [0.25, 0.3) is 0 Å². The molecular formula is C16H31Cl. The van der Waals surface area contributed by atoms with E-state index >= 15 is 0 Å². The first kappa shape index (κ1) is 15.3. The minimum absolute atomic E-state index is 0.466. The predicted molar refractivity (Wildman–Crippen MR) is 78.7 cm³/mol. The van der Waals surface area contributed by atoms with Crippen LogP contribution in [0.5, 0.6) is 0 Å². The summed E-state index contributed by atoms with van der Waals surface area (Å²) in [5.74, 6) is 2.69. The summed E-state index contributed by atoms with van der Waals surface area (Å²) in [5.41, 5.74) is 0. The van der Waals surface area contributed by atoms with Crippen molar-refractivity contribution >= 4 is 11.6 Å². The van der Waals surface area contributed by atoms with Gasteiger partial charge in [0, 0.05) is 5.38 Å². The molecule has 0 amide bonds. The zero-order chi connectivity index (χ0) is 12.7. The van der Waals surface area contributed by atoms with Crippen LogP contribution in [0, 0.1) is 17.8 Å². The van der Waals surface area contributed by atoms with Crippen molar-refractivity contribution in [2.75, 3.05) is 0 Å². The van der Waals surface area contributed by atoms with Gasteiger partial charge in [-0.2, -0.15) is 0 Å². The molecule has 1 rings (SSSR count). The lowest BCUT2D eigenvalue weighted by Crippen LogP contribution is -2.27. The number of rotatable bonds is 7. The topological polar surface area (TPSA) is 0 Å². The number of hydrogen-bond acceptors (Lipinski definition) is 0. The molecule has 0 nitrogen and oxygen atoms in total. The van der Waals surface area contributed by atoms with Gasteiger partial charge in [0.1, 0.15) is 0 Å². The van der Waals surface area contributed by atoms with Crippen molar-refractivity contribution in [1.29, 1.82) is 0 Å². The third kappa shape index (κ3) is 5.20. The van der Waals surface area contributed by atoms with Gasteiger partial charge in [-0.25, -0.2) is 0 Å². The van der Waals surface area contributed by atoms with Crippen LogP contribution in [0.4, 0.5) is 0 Å². The van der Waals surface area contributed by atoms with Crippen LogP contribution < -0.4 is 0 Å². The fraction of sp³-hybridized carbons (Fsp3) is 1.00. The van der Waals surface area contributed by atoms with E-state index in [4.69, 9.17) is 11.6 Å². The maximum absolute atomic E-state index is 6.54. The molecule has 0 aromatic carbocycles. The summed E-state index contributed by atoms with van der Waals surface area (Å²) in [5, 5.41) is 0.466. The Balaban J connectivity index is 2.40. The van der Waals surface area contributed by atoms with Crippen LogP contribution in [0.3, 0.4) is 0 Å². The maximum Gasteiger partial charge on any atom is 0.0364 e. The number of alkyl halides is 1. The van der Waals surface area contributed by atoms with Crippen molar-refractivity contribution in [3.8, 4) is 0 Å². The van der Waals surface area contributed by atoms with Gasteiger partial charge in [0.05, 0.1) is 0 Å². The normalized spacial score (nSPS) is 31.4. The first-order chi connectivity index (χ1) is 8.21. The van der Waals surface area contributed by atoms with Crippen LogP contribution in [0.1, 0.15) is 78.6 Å². The Morgan fingerprint density at radius 3 is 2.53 bits per heavy atom. The summed E-state index contributed by atoms with van der Waals surface area (Å²) in [6, 6.07) is 0. The van der Waals surface area contributed by atoms with E-state index in [2.05, 4.69) is 20.8 Å². The van der Waals surface area contributed by atoms with Crippen LogP contribution in [0.2, 0.25) is 0 Å². The van der Waals surface area contributed by atoms with Crippen LogP contribution >= 0.6 is 11.6 Å². The Labute approximate surface area is 114 Å². The molecule has 0 saturated heterocycles. The molecule has 102 valence electrons. The Bertz CT molecular complexity index is 190. The Morgan fingerprint density at radius 1 is 1.18 bits per heavy atom. The lowest BCUT2D eigenvalue weighted by atomic mass is 9.75. The van der Waals surface area contributed by atoms with Gasteiger partial charge in [-0.3, -0.25) is 0 Å². The zero-order valence-electron chi connectivity index (χ0n) is 12.1. The van der Waals surface area contributed by atoms with Gasteiger partial charge in [-0.1, -0.05) is 52.9 Å². The highest BCUT2D eigenvalue weighted by Gasteiger charge is 2.29. The quantitative estimate of drug-likeness (QED) is 0.490. The summed E-state index contributed by atoms with van der Waals surface area (Å²) >= 11 is 6.54. The molecule has 0 bridgehead atoms. The van der Waals surface area contributed by atoms with Crippen molar-refractivity contribution in [3.05, 3.63) is 0 Å². The van der Waals surface area contributed by atoms with Gasteiger partial charge in [0.15, 0.2) is 0 Å². The molecule has 0 N–H and O–H groups in total. The van der Waals surface area contributed by atoms with Gasteiger partial charge < -0.3 is 0 Å². The fourth-order valence-electron chi connectivity index (χ4n) is 3.35. The molecule has 4 atom stereocenters. The molecule has 1 saturated carbocycles. The van der Waals surface area contributed by atoms with Crippen molar-refractivity contribution in [3.63, 3.8) is 0 Å². The van der Waals surface area contributed by atoms with E-state index in [1.165, 1.54) is 57.8 Å². The Kier molecular flexibility index (Phi) is 7.59. The first-order valence-electron chi connectivity index (χ1n) is 7.85. The maximum atomic E-state index is 6.54. The molecule has 0 heterocycles. The molecular weight excluding hydrogens is 228 g/mol. The van der Waals surface area contributed by atoms with Crippen molar-refractivity contribution in [2.45, 2.75) is 83.9 Å². The minimum atomic E-state index is 0.466. The summed E-state index contributed by atoms with van der Waals surface area (Å²) in [7, 11) is 0. The smallest absolute Gasteiger partial charge is 0.0364 e. The highest BCUT2D eigenvalue weighted by Crippen LogP contribution is 2.39. The van der Waals surface area contributed by atoms with Gasteiger partial charge in [-0.05, 0) is 43.4 Å². The number of hydrogen-bond donors (Lipinski definition) is 0. The molecule has 1 fully saturated rings. The van der Waals surface area contributed by atoms with Gasteiger partial charge >= 0.3 is 0 Å². The molecule has 1 aliphatic carbocycles. The van der Waals surface area contributed by atoms with Crippen LogP contribution in [-0.2, 0) is 0 Å². The van der Waals surface area contributed by atoms with Crippen molar-refractivity contribution in [2.24, 2.45) is 17.8 Å². The summed E-state index contributed by atoms with van der Waals surface area (Å²) in [6.07, 6.45) is 12.3. The molecule has 0 aromatic rings. The van der Waals surface area contributed by atoms with Crippen LogP contribution in [0.25, 0.3) is 0 Å². The Morgan fingerprint density at radius 2 is 1.94 bits per heavy atom. The lowest BCUT2D eigenvalue weighted by molar-refractivity contribution is 0.219. The molecule has 17 heavy (non-hydrogen) atoms. The SMILES string of the molecule is CCCCC(CC)CC1CC(CC)CCC1Cl. The lowest BCUT2D eigenvalue weighted by Gasteiger charge is -2.34. The van der Waals surface area contributed by atoms with Crippen molar-refractivity contribution in [1.82, 2.24) is 0 Å². The molecule has 0 aromatic heterocycles. The summed E-state index contributed by atoms with van der Waals surface area (Å²) in [6.45, 7) is 6.99. The second-order valence-electron chi connectivity index (χ2n) is 6.02. The summed E-state index contributed by atoms with van der Waals surface area (Å²) < 4.78 is 0. The van der Waals surface area contributed by atoms with E-state index in [1.807, 2.05) is 0 Å². The highest BCUT2D eigenvalue weighted by molar-refractivity contribution is 6.20. The molecule has 1 heteroatoms. The number of unbranched alkanes of at least 4 members (excludes halogenated alkanes) is 1. The average molecular weight is 259 g/mol.